The van der Waals surface area contributed by atoms with Gasteiger partial charge in [0, 0.05) is 16.2 Å². The molecule has 0 aromatic heterocycles. The maximum absolute atomic E-state index is 9.67. The van der Waals surface area contributed by atoms with Gasteiger partial charge in [0.2, 0.25) is 0 Å². The zero-order chi connectivity index (χ0) is 55.1. The van der Waals surface area contributed by atoms with Crippen molar-refractivity contribution < 1.29 is 59.1 Å². The van der Waals surface area contributed by atoms with Crippen LogP contribution in [0.4, 0.5) is 0 Å². The summed E-state index contributed by atoms with van der Waals surface area (Å²) in [5.41, 5.74) is 8.25. The summed E-state index contributed by atoms with van der Waals surface area (Å²) >= 11 is 0. The van der Waals surface area contributed by atoms with Crippen molar-refractivity contribution in [1.82, 2.24) is 0 Å². The number of rotatable bonds is 14. The van der Waals surface area contributed by atoms with Gasteiger partial charge < -0.3 is 59.1 Å². The lowest BCUT2D eigenvalue weighted by atomic mass is 9.55. The van der Waals surface area contributed by atoms with Gasteiger partial charge in [0.25, 0.3) is 0 Å². The molecule has 10 rings (SSSR count). The molecule has 77 heavy (non-hydrogen) atoms. The highest BCUT2D eigenvalue weighted by Crippen LogP contribution is 2.57. The minimum atomic E-state index is -0.488. The van der Waals surface area contributed by atoms with Gasteiger partial charge in [-0.3, -0.25) is 0 Å². The summed E-state index contributed by atoms with van der Waals surface area (Å²) in [5, 5.41) is 56.2. The van der Waals surface area contributed by atoms with Crippen LogP contribution in [0.1, 0.15) is 101 Å². The third-order valence-electron chi connectivity index (χ3n) is 15.7. The highest BCUT2D eigenvalue weighted by atomic mass is 16.7. The van der Waals surface area contributed by atoms with Gasteiger partial charge in [-0.15, -0.1) is 0 Å². The summed E-state index contributed by atoms with van der Waals surface area (Å²) in [6.45, 7) is 17.1. The molecule has 6 N–H and O–H groups in total. The van der Waals surface area contributed by atoms with Crippen molar-refractivity contribution in [2.75, 3.05) is 66.1 Å². The lowest BCUT2D eigenvalue weighted by molar-refractivity contribution is -0.337. The Kier molecular flexibility index (Phi) is 17.9. The molecule has 1 saturated carbocycles. The number of aliphatic hydroxyl groups is 4. The van der Waals surface area contributed by atoms with Crippen LogP contribution in [0.15, 0.2) is 146 Å². The largest absolute Gasteiger partial charge is 0.508 e. The zero-order valence-electron chi connectivity index (χ0n) is 45.9. The number of benzene rings is 6. The van der Waals surface area contributed by atoms with Gasteiger partial charge in [0.05, 0.1) is 63.7 Å². The van der Waals surface area contributed by atoms with E-state index in [4.69, 9.17) is 38.6 Å². The highest BCUT2D eigenvalue weighted by molar-refractivity contribution is 5.86. The van der Waals surface area contributed by atoms with Gasteiger partial charge in [-0.05, 0) is 124 Å². The van der Waals surface area contributed by atoms with E-state index in [1.54, 1.807) is 24.3 Å². The molecular weight excluding hydrogens is 973 g/mol. The van der Waals surface area contributed by atoms with E-state index in [1.165, 1.54) is 39.8 Å². The molecule has 12 heteroatoms. The molecule has 12 nitrogen and oxygen atoms in total. The van der Waals surface area contributed by atoms with Gasteiger partial charge in [-0.2, -0.15) is 0 Å². The molecule has 0 radical (unpaired) electrons. The van der Waals surface area contributed by atoms with Crippen molar-refractivity contribution in [2.45, 2.75) is 91.1 Å². The lowest BCUT2D eigenvalue weighted by Crippen LogP contribution is -2.56. The smallest absolute Gasteiger partial charge is 0.164 e. The summed E-state index contributed by atoms with van der Waals surface area (Å²) in [4.78, 5) is 0. The van der Waals surface area contributed by atoms with E-state index in [9.17, 15) is 20.4 Å². The van der Waals surface area contributed by atoms with Crippen molar-refractivity contribution in [3.05, 3.63) is 179 Å². The number of aliphatic hydroxyl groups excluding tert-OH is 4. The average molecular weight is 1050 g/mol. The highest BCUT2D eigenvalue weighted by Gasteiger charge is 2.49. The maximum Gasteiger partial charge on any atom is 0.164 e. The molecule has 1 spiro atoms. The number of phenols is 2. The second-order valence-electron chi connectivity index (χ2n) is 23.8. The van der Waals surface area contributed by atoms with E-state index in [0.717, 1.165) is 35.5 Å². The second kappa shape index (κ2) is 24.1. The number of aromatic hydroxyl groups is 2. The molecule has 2 heterocycles. The van der Waals surface area contributed by atoms with E-state index in [2.05, 4.69) is 118 Å². The Balaban J connectivity index is 0.000000158. The standard InChI is InChI=1S/C29H26O4.C21H26O2.C15H28O6/c30-17-19-32-23-13-9-21(10-14-23)29(22-11-15-24(16-12-22)33-20-18-31)27-7-3-1-5-25(27)26-6-2-4-8-28(26)29;1-15-12-20(2,3)14-21(13-15,16-4-8-18(22)9-5-16)17-6-10-19(23)11-7-17;1-13(2,5-16)11-18-7-15(8-19-11)9-20-12(21-10-15)14(3,4)6-17/h1-16,30-31H,17-20H2;4-11,15,22-23H,12-14H2,1-3H3;11-12,16-17H,5-10H2,1-4H3. The number of hydrogen-bond donors (Lipinski definition) is 6. The first-order chi connectivity index (χ1) is 36.8. The summed E-state index contributed by atoms with van der Waals surface area (Å²) in [6, 6.07) is 48.8. The predicted octanol–water partition coefficient (Wildman–Crippen LogP) is 10.8. The SMILES string of the molecule is CC(C)(CO)C1OCC2(CO1)COC(C(C)(C)CO)OC2.CC1CC(C)(C)CC(c2ccc(O)cc2)(c2ccc(O)cc2)C1.OCCOc1ccc(C2(c3ccc(OCCO)cc3)c3ccccc3-c3ccccc32)cc1. The Morgan fingerprint density at radius 1 is 0.494 bits per heavy atom. The second-order valence-corrected chi connectivity index (χ2v) is 23.8. The molecule has 1 unspecified atom stereocenters. The summed E-state index contributed by atoms with van der Waals surface area (Å²) in [7, 11) is 0. The minimum absolute atomic E-state index is 0.00440. The molecule has 6 aromatic carbocycles. The van der Waals surface area contributed by atoms with Crippen LogP contribution in [0.25, 0.3) is 11.1 Å². The Morgan fingerprint density at radius 2 is 0.857 bits per heavy atom. The van der Waals surface area contributed by atoms with Crippen LogP contribution in [0.5, 0.6) is 23.0 Å². The molecule has 2 saturated heterocycles. The van der Waals surface area contributed by atoms with Gasteiger partial charge in [-0.25, -0.2) is 0 Å². The monoisotopic (exact) mass is 1050 g/mol. The normalized spacial score (nSPS) is 22.0. The molecule has 2 aliphatic heterocycles. The Bertz CT molecular complexity index is 2620. The Labute approximate surface area is 455 Å². The molecular formula is C65H80O12. The van der Waals surface area contributed by atoms with E-state index in [0.29, 0.717) is 43.8 Å². The average Bonchev–Trinajstić information content (AvgIpc) is 3.79. The number of hydrogen-bond acceptors (Lipinski definition) is 12. The van der Waals surface area contributed by atoms with E-state index >= 15 is 0 Å². The first-order valence-electron chi connectivity index (χ1n) is 27.0. The molecule has 6 aromatic rings. The van der Waals surface area contributed by atoms with Crippen molar-refractivity contribution >= 4 is 0 Å². The lowest BCUT2D eigenvalue weighted by Gasteiger charge is -2.48. The van der Waals surface area contributed by atoms with Gasteiger partial charge in [0.15, 0.2) is 12.6 Å². The van der Waals surface area contributed by atoms with Crippen LogP contribution < -0.4 is 9.47 Å². The molecule has 4 aliphatic rings. The Morgan fingerprint density at radius 3 is 1.21 bits per heavy atom. The van der Waals surface area contributed by atoms with Gasteiger partial charge in [-0.1, -0.05) is 146 Å². The van der Waals surface area contributed by atoms with E-state index in [1.807, 2.05) is 52.0 Å². The first-order valence-corrected chi connectivity index (χ1v) is 27.0. The van der Waals surface area contributed by atoms with E-state index in [-0.39, 0.29) is 55.9 Å². The van der Waals surface area contributed by atoms with Crippen LogP contribution in [-0.4, -0.2) is 109 Å². The number of ether oxygens (including phenoxy) is 6. The van der Waals surface area contributed by atoms with Crippen molar-refractivity contribution in [3.63, 3.8) is 0 Å². The van der Waals surface area contributed by atoms with Gasteiger partial charge in [0.1, 0.15) is 36.2 Å². The van der Waals surface area contributed by atoms with Crippen LogP contribution in [0.2, 0.25) is 0 Å². The molecule has 1 atom stereocenters. The Hall–Kier alpha value is -5.80. The molecule has 3 fully saturated rings. The summed E-state index contributed by atoms with van der Waals surface area (Å²) in [5.74, 6) is 2.70. The minimum Gasteiger partial charge on any atom is -0.508 e. The summed E-state index contributed by atoms with van der Waals surface area (Å²) in [6.07, 6.45) is 2.55. The van der Waals surface area contributed by atoms with Crippen LogP contribution >= 0.6 is 0 Å². The predicted molar refractivity (Wildman–Crippen MR) is 298 cm³/mol. The third-order valence-corrected chi connectivity index (χ3v) is 15.7. The van der Waals surface area contributed by atoms with Crippen molar-refractivity contribution in [1.29, 1.82) is 0 Å². The molecule has 2 aliphatic carbocycles. The quantitative estimate of drug-likeness (QED) is 0.0609. The molecule has 0 amide bonds. The topological polar surface area (TPSA) is 177 Å². The fraction of sp³-hybridized carbons (Fsp3) is 0.446. The molecule has 0 bridgehead atoms. The van der Waals surface area contributed by atoms with E-state index < -0.39 is 28.8 Å². The number of phenolic OH excluding ortho intramolecular Hbond substituents is 2. The molecule has 412 valence electrons. The fourth-order valence-electron chi connectivity index (χ4n) is 12.1. The van der Waals surface area contributed by atoms with Crippen molar-refractivity contribution in [2.24, 2.45) is 27.6 Å². The van der Waals surface area contributed by atoms with Crippen LogP contribution in [-0.2, 0) is 29.8 Å². The summed E-state index contributed by atoms with van der Waals surface area (Å²) < 4.78 is 34.4. The fourth-order valence-corrected chi connectivity index (χ4v) is 12.1. The third kappa shape index (κ3) is 12.4. The zero-order valence-corrected chi connectivity index (χ0v) is 45.9. The van der Waals surface area contributed by atoms with Gasteiger partial charge >= 0.3 is 0 Å². The number of fused-ring (bicyclic) bond motifs is 3. The first kappa shape index (κ1) is 57.4. The van der Waals surface area contributed by atoms with Crippen LogP contribution in [0, 0.1) is 27.6 Å². The maximum atomic E-state index is 9.67. The van der Waals surface area contributed by atoms with Crippen molar-refractivity contribution in [3.8, 4) is 34.1 Å². The van der Waals surface area contributed by atoms with Crippen LogP contribution in [0.3, 0.4) is 0 Å².